The van der Waals surface area contributed by atoms with Crippen molar-refractivity contribution >= 4 is 5.78 Å². The first-order valence-corrected chi connectivity index (χ1v) is 3.48. The number of aliphatic hydroxyl groups excluding tert-OH is 1. The largest absolute Gasteiger partial charge is 0.384 e. The van der Waals surface area contributed by atoms with E-state index in [-0.39, 0.29) is 12.3 Å². The molecule has 0 aromatic carbocycles. The van der Waals surface area contributed by atoms with Gasteiger partial charge in [-0.15, -0.1) is 0 Å². The molecule has 1 unspecified atom stereocenters. The average molecular weight is 145 g/mol. The molecule has 0 aliphatic heterocycles. The summed E-state index contributed by atoms with van der Waals surface area (Å²) in [5.74, 6) is 0.145. The van der Waals surface area contributed by atoms with Crippen LogP contribution in [0.25, 0.3) is 0 Å². The second-order valence-corrected chi connectivity index (χ2v) is 2.82. The van der Waals surface area contributed by atoms with Gasteiger partial charge in [-0.2, -0.15) is 0 Å². The van der Waals surface area contributed by atoms with E-state index in [0.717, 1.165) is 0 Å². The second-order valence-electron chi connectivity index (χ2n) is 2.82. The van der Waals surface area contributed by atoms with Crippen LogP contribution in [0.1, 0.15) is 20.3 Å². The van der Waals surface area contributed by atoms with Crippen molar-refractivity contribution in [3.63, 3.8) is 0 Å². The van der Waals surface area contributed by atoms with Crippen LogP contribution in [0, 0.1) is 5.92 Å². The summed E-state index contributed by atoms with van der Waals surface area (Å²) in [5.41, 5.74) is 5.08. The molecule has 0 radical (unpaired) electrons. The van der Waals surface area contributed by atoms with Crippen LogP contribution < -0.4 is 5.73 Å². The van der Waals surface area contributed by atoms with E-state index in [1.807, 2.05) is 13.8 Å². The normalized spacial score (nSPS) is 13.7. The highest BCUT2D eigenvalue weighted by Crippen LogP contribution is 2.01. The lowest BCUT2D eigenvalue weighted by molar-refractivity contribution is -0.127. The van der Waals surface area contributed by atoms with E-state index in [1.165, 1.54) is 0 Å². The summed E-state index contributed by atoms with van der Waals surface area (Å²) in [4.78, 5) is 10.9. The maximum Gasteiger partial charge on any atom is 0.162 e. The highest BCUT2D eigenvalue weighted by molar-refractivity contribution is 5.83. The third-order valence-corrected chi connectivity index (χ3v) is 1.20. The molecule has 0 saturated carbocycles. The molecule has 0 aromatic heterocycles. The predicted molar refractivity (Wildman–Crippen MR) is 39.5 cm³/mol. The number of nitrogens with two attached hydrogens (primary N) is 1. The lowest BCUT2D eigenvalue weighted by Gasteiger charge is -2.07. The molecule has 0 rings (SSSR count). The Morgan fingerprint density at radius 3 is 2.40 bits per heavy atom. The van der Waals surface area contributed by atoms with Crippen molar-refractivity contribution in [1.29, 1.82) is 0 Å². The van der Waals surface area contributed by atoms with Gasteiger partial charge in [0.15, 0.2) is 5.78 Å². The van der Waals surface area contributed by atoms with E-state index < -0.39 is 6.10 Å². The monoisotopic (exact) mass is 145 g/mol. The summed E-state index contributed by atoms with van der Waals surface area (Å²) < 4.78 is 0. The topological polar surface area (TPSA) is 63.3 Å². The van der Waals surface area contributed by atoms with Crippen molar-refractivity contribution in [3.8, 4) is 0 Å². The van der Waals surface area contributed by atoms with Gasteiger partial charge >= 0.3 is 0 Å². The first-order valence-electron chi connectivity index (χ1n) is 3.48. The molecule has 3 heteroatoms. The van der Waals surface area contributed by atoms with Crippen molar-refractivity contribution in [2.75, 3.05) is 6.54 Å². The Balaban J connectivity index is 3.62. The average Bonchev–Trinajstić information content (AvgIpc) is 1.85. The Hall–Kier alpha value is -0.410. The van der Waals surface area contributed by atoms with Gasteiger partial charge in [0.2, 0.25) is 0 Å². The van der Waals surface area contributed by atoms with Crippen molar-refractivity contribution < 1.29 is 9.90 Å². The van der Waals surface area contributed by atoms with E-state index in [9.17, 15) is 4.79 Å². The first-order chi connectivity index (χ1) is 4.57. The molecule has 0 saturated heterocycles. The standard InChI is InChI=1S/C7H15NO2/c1-5(2)3-6(9)7(10)4-8/h5,7,10H,3-4,8H2,1-2H3. The Kier molecular flexibility index (Phi) is 4.23. The van der Waals surface area contributed by atoms with Crippen molar-refractivity contribution in [2.24, 2.45) is 11.7 Å². The molecule has 1 atom stereocenters. The zero-order chi connectivity index (χ0) is 8.15. The molecule has 0 amide bonds. The molecular weight excluding hydrogens is 130 g/mol. The number of rotatable bonds is 4. The van der Waals surface area contributed by atoms with Crippen molar-refractivity contribution in [3.05, 3.63) is 0 Å². The Labute approximate surface area is 61.2 Å². The molecule has 0 spiro atoms. The number of Topliss-reactive ketones (excluding diaryl/α,β-unsaturated/α-hetero) is 1. The summed E-state index contributed by atoms with van der Waals surface area (Å²) in [6, 6.07) is 0. The van der Waals surface area contributed by atoms with Crippen molar-refractivity contribution in [1.82, 2.24) is 0 Å². The number of carbonyl (C=O) groups is 1. The van der Waals surface area contributed by atoms with Gasteiger partial charge < -0.3 is 10.8 Å². The number of ketones is 1. The van der Waals surface area contributed by atoms with Gasteiger partial charge in [-0.1, -0.05) is 13.8 Å². The fourth-order valence-electron chi connectivity index (χ4n) is 0.670. The first kappa shape index (κ1) is 9.59. The van der Waals surface area contributed by atoms with E-state index in [0.29, 0.717) is 12.3 Å². The number of carbonyl (C=O) groups excluding carboxylic acids is 1. The van der Waals surface area contributed by atoms with Gasteiger partial charge in [0.25, 0.3) is 0 Å². The molecule has 0 aliphatic rings. The lowest BCUT2D eigenvalue weighted by atomic mass is 10.0. The number of hydrogen-bond acceptors (Lipinski definition) is 3. The van der Waals surface area contributed by atoms with E-state index in [4.69, 9.17) is 10.8 Å². The van der Waals surface area contributed by atoms with Gasteiger partial charge in [-0.25, -0.2) is 0 Å². The highest BCUT2D eigenvalue weighted by Gasteiger charge is 2.13. The van der Waals surface area contributed by atoms with Crippen molar-refractivity contribution in [2.45, 2.75) is 26.4 Å². The summed E-state index contributed by atoms with van der Waals surface area (Å²) in [6.45, 7) is 3.90. The van der Waals surface area contributed by atoms with Crippen LogP contribution in [0.3, 0.4) is 0 Å². The van der Waals surface area contributed by atoms with Crippen LogP contribution in [0.2, 0.25) is 0 Å². The minimum atomic E-state index is -0.956. The van der Waals surface area contributed by atoms with Gasteiger partial charge in [-0.3, -0.25) is 4.79 Å². The highest BCUT2D eigenvalue weighted by atomic mass is 16.3. The number of hydrogen-bond donors (Lipinski definition) is 2. The molecule has 3 nitrogen and oxygen atoms in total. The van der Waals surface area contributed by atoms with E-state index in [2.05, 4.69) is 0 Å². The second kappa shape index (κ2) is 4.41. The van der Waals surface area contributed by atoms with Gasteiger partial charge in [0, 0.05) is 13.0 Å². The maximum absolute atomic E-state index is 10.9. The zero-order valence-corrected chi connectivity index (χ0v) is 6.50. The van der Waals surface area contributed by atoms with Gasteiger partial charge in [0.05, 0.1) is 0 Å². The van der Waals surface area contributed by atoms with Gasteiger partial charge in [-0.05, 0) is 5.92 Å². The van der Waals surface area contributed by atoms with E-state index in [1.54, 1.807) is 0 Å². The fraction of sp³-hybridized carbons (Fsp3) is 0.857. The molecule has 60 valence electrons. The minimum absolute atomic E-state index is 0.0333. The third-order valence-electron chi connectivity index (χ3n) is 1.20. The smallest absolute Gasteiger partial charge is 0.162 e. The van der Waals surface area contributed by atoms with Crippen LogP contribution in [0.4, 0.5) is 0 Å². The molecule has 0 fully saturated rings. The Bertz CT molecular complexity index is 112. The summed E-state index contributed by atoms with van der Waals surface area (Å²) in [5, 5.41) is 8.90. The molecule has 0 heterocycles. The molecule has 3 N–H and O–H groups in total. The molecule has 0 aliphatic carbocycles. The quantitative estimate of drug-likeness (QED) is 0.581. The lowest BCUT2D eigenvalue weighted by Crippen LogP contribution is -2.29. The Morgan fingerprint density at radius 2 is 2.10 bits per heavy atom. The minimum Gasteiger partial charge on any atom is -0.384 e. The maximum atomic E-state index is 10.9. The summed E-state index contributed by atoms with van der Waals surface area (Å²) >= 11 is 0. The SMILES string of the molecule is CC(C)CC(=O)C(O)CN. The molecular formula is C7H15NO2. The summed E-state index contributed by atoms with van der Waals surface area (Å²) in [6.07, 6.45) is -0.541. The van der Waals surface area contributed by atoms with E-state index >= 15 is 0 Å². The van der Waals surface area contributed by atoms with Crippen LogP contribution in [0.5, 0.6) is 0 Å². The predicted octanol–water partition coefficient (Wildman–Crippen LogP) is -0.0788. The number of aliphatic hydroxyl groups is 1. The molecule has 0 aromatic rings. The zero-order valence-electron chi connectivity index (χ0n) is 6.50. The Morgan fingerprint density at radius 1 is 1.60 bits per heavy atom. The van der Waals surface area contributed by atoms with Crippen LogP contribution in [-0.4, -0.2) is 23.5 Å². The van der Waals surface area contributed by atoms with Gasteiger partial charge in [0.1, 0.15) is 6.10 Å². The van der Waals surface area contributed by atoms with Crippen LogP contribution >= 0.6 is 0 Å². The molecule has 0 bridgehead atoms. The van der Waals surface area contributed by atoms with Crippen LogP contribution in [-0.2, 0) is 4.79 Å². The van der Waals surface area contributed by atoms with Crippen LogP contribution in [0.15, 0.2) is 0 Å². The summed E-state index contributed by atoms with van der Waals surface area (Å²) in [7, 11) is 0. The third kappa shape index (κ3) is 3.58. The molecule has 10 heavy (non-hydrogen) atoms. The fourth-order valence-corrected chi connectivity index (χ4v) is 0.670.